The summed E-state index contributed by atoms with van der Waals surface area (Å²) in [5.74, 6) is 0.823. The minimum atomic E-state index is -3.74. The number of benzene rings is 2. The summed E-state index contributed by atoms with van der Waals surface area (Å²) < 4.78 is 28.8. The molecular formula is C17H15ClN4O5S. The summed E-state index contributed by atoms with van der Waals surface area (Å²) in [4.78, 5) is 14.2. The SMILES string of the molecule is CS(=O)(=O)c1cc(NCCc2nc(-c3ccc(Cl)cc3)no2)ccc1[N+](=O)[O-]. The van der Waals surface area contributed by atoms with E-state index >= 15 is 0 Å². The van der Waals surface area contributed by atoms with Crippen LogP contribution < -0.4 is 5.32 Å². The third kappa shape index (κ3) is 4.65. The van der Waals surface area contributed by atoms with Crippen LogP contribution in [0.4, 0.5) is 11.4 Å². The fraction of sp³-hybridized carbons (Fsp3) is 0.176. The molecule has 0 radical (unpaired) electrons. The Bertz CT molecular complexity index is 1110. The van der Waals surface area contributed by atoms with Gasteiger partial charge in [0.05, 0.1) is 4.92 Å². The number of hydrogen-bond donors (Lipinski definition) is 1. The number of nitro benzene ring substituents is 1. The molecule has 0 aliphatic heterocycles. The zero-order valence-corrected chi connectivity index (χ0v) is 16.2. The molecule has 0 bridgehead atoms. The van der Waals surface area contributed by atoms with Crippen molar-refractivity contribution < 1.29 is 17.9 Å². The Hall–Kier alpha value is -2.98. The van der Waals surface area contributed by atoms with Crippen LogP contribution in [-0.2, 0) is 16.3 Å². The summed E-state index contributed by atoms with van der Waals surface area (Å²) in [7, 11) is -3.74. The standard InChI is InChI=1S/C17H15ClN4O5S/c1-28(25,26)15-10-13(6-7-14(15)22(23)24)19-9-8-16-20-17(21-27-16)11-2-4-12(18)5-3-11/h2-7,10,19H,8-9H2,1H3. The van der Waals surface area contributed by atoms with E-state index in [1.807, 2.05) is 0 Å². The zero-order chi connectivity index (χ0) is 20.3. The summed E-state index contributed by atoms with van der Waals surface area (Å²) in [6.07, 6.45) is 1.31. The van der Waals surface area contributed by atoms with Gasteiger partial charge in [-0.3, -0.25) is 10.1 Å². The van der Waals surface area contributed by atoms with E-state index in [0.29, 0.717) is 35.4 Å². The Labute approximate surface area is 165 Å². The second kappa shape index (κ2) is 7.95. The fourth-order valence-electron chi connectivity index (χ4n) is 2.46. The van der Waals surface area contributed by atoms with Crippen LogP contribution in [0.5, 0.6) is 0 Å². The predicted octanol–water partition coefficient (Wildman–Crippen LogP) is 3.36. The Morgan fingerprint density at radius 2 is 1.93 bits per heavy atom. The van der Waals surface area contributed by atoms with E-state index in [9.17, 15) is 18.5 Å². The normalized spacial score (nSPS) is 11.4. The summed E-state index contributed by atoms with van der Waals surface area (Å²) in [5.41, 5.74) is 0.738. The molecule has 0 atom stereocenters. The molecule has 1 heterocycles. The van der Waals surface area contributed by atoms with Crippen LogP contribution in [0.2, 0.25) is 5.02 Å². The quantitative estimate of drug-likeness (QED) is 0.453. The molecule has 0 spiro atoms. The van der Waals surface area contributed by atoms with E-state index in [1.165, 1.54) is 12.1 Å². The van der Waals surface area contributed by atoms with Gasteiger partial charge in [0.15, 0.2) is 9.84 Å². The van der Waals surface area contributed by atoms with Gasteiger partial charge in [0, 0.05) is 41.6 Å². The molecule has 0 aliphatic carbocycles. The monoisotopic (exact) mass is 422 g/mol. The van der Waals surface area contributed by atoms with Crippen molar-refractivity contribution in [2.75, 3.05) is 18.1 Å². The van der Waals surface area contributed by atoms with Gasteiger partial charge in [-0.2, -0.15) is 4.98 Å². The molecule has 11 heteroatoms. The lowest BCUT2D eigenvalue weighted by molar-refractivity contribution is -0.387. The van der Waals surface area contributed by atoms with E-state index in [2.05, 4.69) is 15.5 Å². The number of halogens is 1. The molecule has 0 saturated heterocycles. The summed E-state index contributed by atoms with van der Waals surface area (Å²) in [6.45, 7) is 0.364. The zero-order valence-electron chi connectivity index (χ0n) is 14.6. The number of aromatic nitrogens is 2. The second-order valence-electron chi connectivity index (χ2n) is 5.91. The highest BCUT2D eigenvalue weighted by atomic mass is 35.5. The van der Waals surface area contributed by atoms with Crippen molar-refractivity contribution in [1.82, 2.24) is 10.1 Å². The van der Waals surface area contributed by atoms with Gasteiger partial charge < -0.3 is 9.84 Å². The molecule has 0 unspecified atom stereocenters. The van der Waals surface area contributed by atoms with Gasteiger partial charge in [0.1, 0.15) is 4.90 Å². The van der Waals surface area contributed by atoms with Crippen molar-refractivity contribution in [3.05, 3.63) is 63.5 Å². The average molecular weight is 423 g/mol. The molecule has 2 aromatic carbocycles. The number of nitrogens with one attached hydrogen (secondary N) is 1. The molecule has 0 saturated carbocycles. The Morgan fingerprint density at radius 3 is 2.57 bits per heavy atom. The topological polar surface area (TPSA) is 128 Å². The maximum atomic E-state index is 11.8. The van der Waals surface area contributed by atoms with E-state index in [0.717, 1.165) is 17.9 Å². The minimum absolute atomic E-state index is 0.342. The summed E-state index contributed by atoms with van der Waals surface area (Å²) >= 11 is 5.85. The van der Waals surface area contributed by atoms with Crippen molar-refractivity contribution in [3.63, 3.8) is 0 Å². The van der Waals surface area contributed by atoms with E-state index in [4.69, 9.17) is 16.1 Å². The molecule has 1 N–H and O–H groups in total. The molecule has 0 aliphatic rings. The van der Waals surface area contributed by atoms with Gasteiger partial charge in [-0.25, -0.2) is 8.42 Å². The lowest BCUT2D eigenvalue weighted by atomic mass is 10.2. The van der Waals surface area contributed by atoms with Crippen LogP contribution in [0.3, 0.4) is 0 Å². The lowest BCUT2D eigenvalue weighted by Crippen LogP contribution is -2.08. The van der Waals surface area contributed by atoms with Crippen LogP contribution in [0, 0.1) is 10.1 Å². The molecule has 0 fully saturated rings. The maximum absolute atomic E-state index is 11.8. The Morgan fingerprint density at radius 1 is 1.21 bits per heavy atom. The van der Waals surface area contributed by atoms with Crippen LogP contribution in [0.25, 0.3) is 11.4 Å². The summed E-state index contributed by atoms with van der Waals surface area (Å²) in [6, 6.07) is 10.8. The number of sulfone groups is 1. The van der Waals surface area contributed by atoms with Crippen molar-refractivity contribution in [1.29, 1.82) is 0 Å². The average Bonchev–Trinajstić information content (AvgIpc) is 3.10. The van der Waals surface area contributed by atoms with Crippen LogP contribution in [-0.4, -0.2) is 36.3 Å². The fourth-order valence-corrected chi connectivity index (χ4v) is 3.45. The highest BCUT2D eigenvalue weighted by Gasteiger charge is 2.22. The molecule has 9 nitrogen and oxygen atoms in total. The van der Waals surface area contributed by atoms with E-state index < -0.39 is 20.4 Å². The highest BCUT2D eigenvalue weighted by molar-refractivity contribution is 7.90. The highest BCUT2D eigenvalue weighted by Crippen LogP contribution is 2.27. The molecular weight excluding hydrogens is 408 g/mol. The first-order valence-corrected chi connectivity index (χ1v) is 10.3. The largest absolute Gasteiger partial charge is 0.384 e. The third-order valence-corrected chi connectivity index (χ3v) is 5.17. The minimum Gasteiger partial charge on any atom is -0.384 e. The van der Waals surface area contributed by atoms with Gasteiger partial charge in [0.25, 0.3) is 5.69 Å². The van der Waals surface area contributed by atoms with Gasteiger partial charge >= 0.3 is 0 Å². The van der Waals surface area contributed by atoms with Crippen molar-refractivity contribution in [2.24, 2.45) is 0 Å². The van der Waals surface area contributed by atoms with Gasteiger partial charge in [0.2, 0.25) is 11.7 Å². The first-order chi connectivity index (χ1) is 13.2. The van der Waals surface area contributed by atoms with Gasteiger partial charge in [-0.1, -0.05) is 16.8 Å². The number of nitro groups is 1. The Kier molecular flexibility index (Phi) is 5.61. The molecule has 3 aromatic rings. The molecule has 3 rings (SSSR count). The first-order valence-electron chi connectivity index (χ1n) is 8.05. The molecule has 1 aromatic heterocycles. The maximum Gasteiger partial charge on any atom is 0.288 e. The van der Waals surface area contributed by atoms with Crippen LogP contribution >= 0.6 is 11.6 Å². The van der Waals surface area contributed by atoms with E-state index in [-0.39, 0.29) is 4.90 Å². The smallest absolute Gasteiger partial charge is 0.288 e. The van der Waals surface area contributed by atoms with Crippen molar-refractivity contribution in [2.45, 2.75) is 11.3 Å². The Balaban J connectivity index is 1.67. The van der Waals surface area contributed by atoms with Crippen LogP contribution in [0.1, 0.15) is 5.89 Å². The second-order valence-corrected chi connectivity index (χ2v) is 8.33. The van der Waals surface area contributed by atoms with E-state index in [1.54, 1.807) is 24.3 Å². The lowest BCUT2D eigenvalue weighted by Gasteiger charge is -2.07. The predicted molar refractivity (Wildman–Crippen MR) is 103 cm³/mol. The molecule has 0 amide bonds. The summed E-state index contributed by atoms with van der Waals surface area (Å²) in [5, 5.41) is 18.5. The number of anilines is 1. The number of hydrogen-bond acceptors (Lipinski definition) is 8. The number of rotatable bonds is 7. The first kappa shape index (κ1) is 19.8. The number of nitrogens with zero attached hydrogens (tertiary/aromatic N) is 3. The van der Waals surface area contributed by atoms with Crippen LogP contribution in [0.15, 0.2) is 51.9 Å². The van der Waals surface area contributed by atoms with Gasteiger partial charge in [-0.05, 0) is 36.4 Å². The van der Waals surface area contributed by atoms with Crippen molar-refractivity contribution in [3.8, 4) is 11.4 Å². The van der Waals surface area contributed by atoms with Gasteiger partial charge in [-0.15, -0.1) is 0 Å². The van der Waals surface area contributed by atoms with Crippen molar-refractivity contribution >= 4 is 32.8 Å². The molecule has 28 heavy (non-hydrogen) atoms. The third-order valence-electron chi connectivity index (χ3n) is 3.79. The molecule has 146 valence electrons.